The third kappa shape index (κ3) is 8.01. The molecular weight excluding hydrogens is 402 g/mol. The summed E-state index contributed by atoms with van der Waals surface area (Å²) in [5.74, 6) is -1.47. The molecule has 0 spiro atoms. The number of nitrogens with zero attached hydrogens (tertiary/aromatic N) is 1. The highest BCUT2D eigenvalue weighted by Gasteiger charge is 2.33. The highest BCUT2D eigenvalue weighted by Crippen LogP contribution is 2.13. The van der Waals surface area contributed by atoms with Gasteiger partial charge in [0.05, 0.1) is 31.7 Å². The number of rotatable bonds is 11. The second-order valence-corrected chi connectivity index (χ2v) is 7.32. The van der Waals surface area contributed by atoms with Crippen LogP contribution in [0.5, 0.6) is 0 Å². The lowest BCUT2D eigenvalue weighted by Crippen LogP contribution is -2.57. The van der Waals surface area contributed by atoms with E-state index in [9.17, 15) is 19.2 Å². The van der Waals surface area contributed by atoms with Crippen LogP contribution in [0.25, 0.3) is 0 Å². The number of amides is 2. The first-order chi connectivity index (χ1) is 14.9. The molecule has 2 rings (SSSR count). The zero-order valence-corrected chi connectivity index (χ0v) is 18.1. The van der Waals surface area contributed by atoms with Gasteiger partial charge in [0, 0.05) is 18.8 Å². The number of nitrogens with one attached hydrogen (secondary N) is 2. The molecule has 1 unspecified atom stereocenters. The Bertz CT molecular complexity index is 765. The van der Waals surface area contributed by atoms with E-state index in [4.69, 9.17) is 9.47 Å². The van der Waals surface area contributed by atoms with Crippen LogP contribution in [0.3, 0.4) is 0 Å². The molecule has 170 valence electrons. The van der Waals surface area contributed by atoms with Crippen molar-refractivity contribution in [3.05, 3.63) is 29.8 Å². The summed E-state index contributed by atoms with van der Waals surface area (Å²) < 4.78 is 10.2. The Labute approximate surface area is 182 Å². The number of unbranched alkanes of at least 4 members (excludes halogenated alkanes) is 1. The van der Waals surface area contributed by atoms with E-state index in [-0.39, 0.29) is 24.8 Å². The van der Waals surface area contributed by atoms with Gasteiger partial charge in [-0.05, 0) is 37.1 Å². The number of carbonyl (C=O) groups excluding carboxylic acids is 4. The zero-order chi connectivity index (χ0) is 22.6. The van der Waals surface area contributed by atoms with Crippen LogP contribution in [0.4, 0.5) is 5.69 Å². The number of ether oxygens (including phenoxy) is 2. The van der Waals surface area contributed by atoms with Gasteiger partial charge in [-0.3, -0.25) is 19.3 Å². The van der Waals surface area contributed by atoms with Crippen LogP contribution in [-0.4, -0.2) is 67.5 Å². The second-order valence-electron chi connectivity index (χ2n) is 7.32. The van der Waals surface area contributed by atoms with Crippen molar-refractivity contribution in [2.45, 2.75) is 45.6 Å². The molecule has 1 aromatic carbocycles. The van der Waals surface area contributed by atoms with Gasteiger partial charge in [-0.2, -0.15) is 0 Å². The minimum Gasteiger partial charge on any atom is -0.466 e. The highest BCUT2D eigenvalue weighted by molar-refractivity contribution is 5.95. The molecule has 1 aliphatic rings. The van der Waals surface area contributed by atoms with Crippen LogP contribution in [0.1, 0.15) is 49.9 Å². The molecule has 1 fully saturated rings. The van der Waals surface area contributed by atoms with Gasteiger partial charge in [0.15, 0.2) is 0 Å². The molecule has 0 aromatic heterocycles. The van der Waals surface area contributed by atoms with Crippen LogP contribution in [-0.2, 0) is 23.9 Å². The monoisotopic (exact) mass is 433 g/mol. The largest absolute Gasteiger partial charge is 0.466 e. The maximum absolute atomic E-state index is 12.5. The van der Waals surface area contributed by atoms with Gasteiger partial charge >= 0.3 is 11.9 Å². The van der Waals surface area contributed by atoms with Crippen molar-refractivity contribution in [1.82, 2.24) is 10.2 Å². The Morgan fingerprint density at radius 1 is 1.10 bits per heavy atom. The maximum Gasteiger partial charge on any atom is 0.338 e. The molecular formula is C22H31N3O6. The predicted octanol–water partition coefficient (Wildman–Crippen LogP) is 1.73. The first-order valence-electron chi connectivity index (χ1n) is 10.7. The number of anilines is 1. The lowest BCUT2D eigenvalue weighted by Gasteiger charge is -2.33. The van der Waals surface area contributed by atoms with Crippen molar-refractivity contribution in [1.29, 1.82) is 0 Å². The van der Waals surface area contributed by atoms with Gasteiger partial charge in [-0.15, -0.1) is 0 Å². The average Bonchev–Trinajstić information content (AvgIpc) is 2.75. The summed E-state index contributed by atoms with van der Waals surface area (Å²) in [6.45, 7) is 5.41. The summed E-state index contributed by atoms with van der Waals surface area (Å²) in [4.78, 5) is 50.3. The van der Waals surface area contributed by atoms with Crippen LogP contribution in [0, 0.1) is 0 Å². The number of benzene rings is 1. The van der Waals surface area contributed by atoms with Crippen molar-refractivity contribution in [3.8, 4) is 0 Å². The van der Waals surface area contributed by atoms with Gasteiger partial charge in [0.1, 0.15) is 6.04 Å². The second kappa shape index (κ2) is 12.7. The Morgan fingerprint density at radius 3 is 2.52 bits per heavy atom. The SMILES string of the molecule is CCCCOC(=O)CC1C(=O)NCCN1CC(=O)Nc1ccc(C(=O)OCCC)cc1. The van der Waals surface area contributed by atoms with Crippen LogP contribution in [0.15, 0.2) is 24.3 Å². The lowest BCUT2D eigenvalue weighted by atomic mass is 10.1. The maximum atomic E-state index is 12.5. The molecule has 0 saturated carbocycles. The molecule has 0 bridgehead atoms. The summed E-state index contributed by atoms with van der Waals surface area (Å²) in [5, 5.41) is 5.47. The van der Waals surface area contributed by atoms with Crippen LogP contribution in [0.2, 0.25) is 0 Å². The number of carbonyl (C=O) groups is 4. The van der Waals surface area contributed by atoms with Crippen molar-refractivity contribution in [2.75, 3.05) is 38.2 Å². The predicted molar refractivity (Wildman–Crippen MR) is 114 cm³/mol. The third-order valence-corrected chi connectivity index (χ3v) is 4.75. The Hall–Kier alpha value is -2.94. The highest BCUT2D eigenvalue weighted by atomic mass is 16.5. The molecule has 0 radical (unpaired) electrons. The Morgan fingerprint density at radius 2 is 1.84 bits per heavy atom. The number of esters is 2. The molecule has 2 N–H and O–H groups in total. The fraction of sp³-hybridized carbons (Fsp3) is 0.545. The van der Waals surface area contributed by atoms with Gasteiger partial charge in [-0.25, -0.2) is 4.79 Å². The van der Waals surface area contributed by atoms with E-state index in [1.807, 2.05) is 13.8 Å². The summed E-state index contributed by atoms with van der Waals surface area (Å²) in [6, 6.07) is 5.65. The minimum atomic E-state index is -0.746. The standard InChI is InChI=1S/C22H31N3O6/c1-3-5-13-30-20(27)14-18-21(28)23-10-11-25(18)15-19(26)24-17-8-6-16(7-9-17)22(29)31-12-4-2/h6-9,18H,3-5,10-15H2,1-2H3,(H,23,28)(H,24,26). The van der Waals surface area contributed by atoms with Crippen molar-refractivity contribution >= 4 is 29.4 Å². The Balaban J connectivity index is 1.90. The van der Waals surface area contributed by atoms with Gasteiger partial charge in [-0.1, -0.05) is 20.3 Å². The van der Waals surface area contributed by atoms with E-state index in [1.165, 1.54) is 0 Å². The summed E-state index contributed by atoms with van der Waals surface area (Å²) in [5.41, 5.74) is 0.926. The van der Waals surface area contributed by atoms with Crippen LogP contribution < -0.4 is 10.6 Å². The lowest BCUT2D eigenvalue weighted by molar-refractivity contribution is -0.149. The van der Waals surface area contributed by atoms with Crippen molar-refractivity contribution in [3.63, 3.8) is 0 Å². The van der Waals surface area contributed by atoms with E-state index in [0.29, 0.717) is 37.6 Å². The fourth-order valence-electron chi connectivity index (χ4n) is 3.07. The average molecular weight is 434 g/mol. The van der Waals surface area contributed by atoms with Gasteiger partial charge < -0.3 is 20.1 Å². The molecule has 1 saturated heterocycles. The summed E-state index contributed by atoms with van der Waals surface area (Å²) in [7, 11) is 0. The molecule has 1 heterocycles. The minimum absolute atomic E-state index is 0.0411. The van der Waals surface area contributed by atoms with E-state index in [0.717, 1.165) is 19.3 Å². The molecule has 0 aliphatic carbocycles. The fourth-order valence-corrected chi connectivity index (χ4v) is 3.07. The smallest absolute Gasteiger partial charge is 0.338 e. The molecule has 31 heavy (non-hydrogen) atoms. The molecule has 1 atom stereocenters. The van der Waals surface area contributed by atoms with E-state index in [1.54, 1.807) is 29.2 Å². The molecule has 2 amide bonds. The first kappa shape index (κ1) is 24.3. The van der Waals surface area contributed by atoms with Gasteiger partial charge in [0.2, 0.25) is 11.8 Å². The summed E-state index contributed by atoms with van der Waals surface area (Å²) >= 11 is 0. The number of piperazine rings is 1. The van der Waals surface area contributed by atoms with E-state index < -0.39 is 18.0 Å². The van der Waals surface area contributed by atoms with Crippen molar-refractivity contribution < 1.29 is 28.7 Å². The van der Waals surface area contributed by atoms with Crippen LogP contribution >= 0.6 is 0 Å². The third-order valence-electron chi connectivity index (χ3n) is 4.75. The number of hydrogen-bond donors (Lipinski definition) is 2. The molecule has 9 heteroatoms. The quantitative estimate of drug-likeness (QED) is 0.403. The Kier molecular flexibility index (Phi) is 9.96. The van der Waals surface area contributed by atoms with Gasteiger partial charge in [0.25, 0.3) is 0 Å². The number of hydrogen-bond acceptors (Lipinski definition) is 7. The van der Waals surface area contributed by atoms with E-state index >= 15 is 0 Å². The van der Waals surface area contributed by atoms with E-state index in [2.05, 4.69) is 10.6 Å². The molecule has 1 aliphatic heterocycles. The molecule has 9 nitrogen and oxygen atoms in total. The summed E-state index contributed by atoms with van der Waals surface area (Å²) in [6.07, 6.45) is 2.32. The first-order valence-corrected chi connectivity index (χ1v) is 10.7. The molecule has 1 aromatic rings. The zero-order valence-electron chi connectivity index (χ0n) is 18.1. The normalized spacial score (nSPS) is 16.3. The topological polar surface area (TPSA) is 114 Å². The van der Waals surface area contributed by atoms with Crippen molar-refractivity contribution in [2.24, 2.45) is 0 Å².